The van der Waals surface area contributed by atoms with Gasteiger partial charge in [0.25, 0.3) is 5.91 Å². The average Bonchev–Trinajstić information content (AvgIpc) is 2.96. The molecule has 0 spiro atoms. The molecule has 25 heavy (non-hydrogen) atoms. The molecule has 1 aliphatic heterocycles. The summed E-state index contributed by atoms with van der Waals surface area (Å²) in [6, 6.07) is 10.8. The topological polar surface area (TPSA) is 81.5 Å². The Hall–Kier alpha value is -3.35. The smallest absolute Gasteiger partial charge is 0.276 e. The van der Waals surface area contributed by atoms with Crippen LogP contribution in [0.25, 0.3) is 0 Å². The van der Waals surface area contributed by atoms with Gasteiger partial charge in [-0.15, -0.1) is 5.10 Å². The van der Waals surface area contributed by atoms with Gasteiger partial charge in [-0.05, 0) is 18.2 Å². The highest BCUT2D eigenvalue weighted by atomic mass is 16.5. The summed E-state index contributed by atoms with van der Waals surface area (Å²) in [4.78, 5) is 12.0. The van der Waals surface area contributed by atoms with Gasteiger partial charge in [-0.2, -0.15) is 5.10 Å². The molecule has 2 aromatic rings. The van der Waals surface area contributed by atoms with Crippen molar-refractivity contribution in [3.05, 3.63) is 47.5 Å². The van der Waals surface area contributed by atoms with E-state index in [0.29, 0.717) is 22.8 Å². The lowest BCUT2D eigenvalue weighted by molar-refractivity contribution is -0.110. The molecule has 1 aliphatic rings. The third-order valence-corrected chi connectivity index (χ3v) is 3.70. The quantitative estimate of drug-likeness (QED) is 0.670. The first-order chi connectivity index (χ1) is 12.2. The van der Waals surface area contributed by atoms with Crippen LogP contribution in [-0.4, -0.2) is 39.2 Å². The van der Waals surface area contributed by atoms with E-state index in [2.05, 4.69) is 15.5 Å². The molecule has 3 rings (SSSR count). The van der Waals surface area contributed by atoms with Crippen LogP contribution in [-0.2, 0) is 4.79 Å². The summed E-state index contributed by atoms with van der Waals surface area (Å²) in [6.07, 6.45) is 1.52. The number of anilines is 1. The number of rotatable bonds is 5. The van der Waals surface area contributed by atoms with E-state index in [0.717, 1.165) is 11.3 Å². The third-order valence-electron chi connectivity index (χ3n) is 3.70. The van der Waals surface area contributed by atoms with Crippen molar-refractivity contribution in [3.63, 3.8) is 0 Å². The fraction of sp³-hybridized carbons (Fsp3) is 0.167. The van der Waals surface area contributed by atoms with E-state index in [9.17, 15) is 4.79 Å². The standard InChI is InChI=1S/C18H17N3O4/c1-23-14-8-11(9-15(24-2)17(14)25-3)10-19-21-16-12-6-4-5-7-13(12)20-18(16)22/h4-10H,1-3H3,(H,20,21,22)/b19-10-. The minimum Gasteiger partial charge on any atom is -0.493 e. The number of hydrogen-bond acceptors (Lipinski definition) is 6. The first-order valence-corrected chi connectivity index (χ1v) is 7.49. The SMILES string of the molecule is COc1cc(/C=N\N=C2\C(=O)Nc3ccccc32)cc(OC)c1OC. The molecule has 0 radical (unpaired) electrons. The number of nitrogens with zero attached hydrogens (tertiary/aromatic N) is 2. The van der Waals surface area contributed by atoms with Crippen LogP contribution in [0, 0.1) is 0 Å². The molecule has 0 aromatic heterocycles. The van der Waals surface area contributed by atoms with Gasteiger partial charge in [0, 0.05) is 11.1 Å². The van der Waals surface area contributed by atoms with Crippen LogP contribution in [0.1, 0.15) is 11.1 Å². The normalized spacial score (nSPS) is 14.5. The highest BCUT2D eigenvalue weighted by Crippen LogP contribution is 2.37. The van der Waals surface area contributed by atoms with Crippen molar-refractivity contribution in [2.75, 3.05) is 26.6 Å². The lowest BCUT2D eigenvalue weighted by atomic mass is 10.1. The minimum atomic E-state index is -0.275. The van der Waals surface area contributed by atoms with Crippen molar-refractivity contribution in [1.29, 1.82) is 0 Å². The van der Waals surface area contributed by atoms with E-state index in [-0.39, 0.29) is 11.6 Å². The third kappa shape index (κ3) is 3.16. The average molecular weight is 339 g/mol. The summed E-state index contributed by atoms with van der Waals surface area (Å²) in [7, 11) is 4.62. The van der Waals surface area contributed by atoms with Gasteiger partial charge in [0.05, 0.1) is 33.2 Å². The summed E-state index contributed by atoms with van der Waals surface area (Å²) in [5.74, 6) is 1.25. The molecule has 0 aliphatic carbocycles. The van der Waals surface area contributed by atoms with E-state index in [1.165, 1.54) is 27.5 Å². The molecule has 0 atom stereocenters. The molecule has 0 unspecified atom stereocenters. The Kier molecular flexibility index (Phi) is 4.65. The molecule has 1 amide bonds. The molecule has 7 nitrogen and oxygen atoms in total. The fourth-order valence-corrected chi connectivity index (χ4v) is 2.53. The van der Waals surface area contributed by atoms with Gasteiger partial charge >= 0.3 is 0 Å². The predicted molar refractivity (Wildman–Crippen MR) is 95.3 cm³/mol. The van der Waals surface area contributed by atoms with E-state index in [1.807, 2.05) is 24.3 Å². The monoisotopic (exact) mass is 339 g/mol. The highest BCUT2D eigenvalue weighted by molar-refractivity contribution is 6.53. The lowest BCUT2D eigenvalue weighted by Crippen LogP contribution is -2.13. The van der Waals surface area contributed by atoms with Crippen molar-refractivity contribution in [2.24, 2.45) is 10.2 Å². The van der Waals surface area contributed by atoms with Gasteiger partial charge in [-0.1, -0.05) is 18.2 Å². The molecule has 0 saturated carbocycles. The molecule has 0 bridgehead atoms. The minimum absolute atomic E-state index is 0.275. The molecular weight excluding hydrogens is 322 g/mol. The largest absolute Gasteiger partial charge is 0.493 e. The number of methoxy groups -OCH3 is 3. The van der Waals surface area contributed by atoms with Crippen LogP contribution in [0.15, 0.2) is 46.6 Å². The summed E-state index contributed by atoms with van der Waals surface area (Å²) in [6.45, 7) is 0. The molecule has 1 N–H and O–H groups in total. The Labute approximate surface area is 144 Å². The van der Waals surface area contributed by atoms with Crippen LogP contribution < -0.4 is 19.5 Å². The van der Waals surface area contributed by atoms with E-state index < -0.39 is 0 Å². The number of carbonyl (C=O) groups excluding carboxylic acids is 1. The maximum Gasteiger partial charge on any atom is 0.276 e. The number of carbonyl (C=O) groups is 1. The number of ether oxygens (including phenoxy) is 3. The second-order valence-electron chi connectivity index (χ2n) is 5.15. The first kappa shape index (κ1) is 16.5. The molecule has 2 aromatic carbocycles. The summed E-state index contributed by atoms with van der Waals surface area (Å²) >= 11 is 0. The van der Waals surface area contributed by atoms with Gasteiger partial charge in [-0.3, -0.25) is 4.79 Å². The molecule has 128 valence electrons. The number of amides is 1. The molecule has 0 saturated heterocycles. The molecular formula is C18H17N3O4. The van der Waals surface area contributed by atoms with Crippen molar-refractivity contribution in [3.8, 4) is 17.2 Å². The zero-order chi connectivity index (χ0) is 17.8. The van der Waals surface area contributed by atoms with Crippen molar-refractivity contribution < 1.29 is 19.0 Å². The Bertz CT molecular complexity index is 849. The maximum absolute atomic E-state index is 12.0. The Balaban J connectivity index is 1.91. The van der Waals surface area contributed by atoms with Crippen molar-refractivity contribution in [1.82, 2.24) is 0 Å². The van der Waals surface area contributed by atoms with Crippen molar-refractivity contribution in [2.45, 2.75) is 0 Å². The summed E-state index contributed by atoms with van der Waals surface area (Å²) < 4.78 is 15.9. The van der Waals surface area contributed by atoms with Gasteiger partial charge in [0.15, 0.2) is 17.2 Å². The number of nitrogens with one attached hydrogen (secondary N) is 1. The van der Waals surface area contributed by atoms with Gasteiger partial charge in [-0.25, -0.2) is 0 Å². The number of benzene rings is 2. The Morgan fingerprint density at radius 3 is 2.32 bits per heavy atom. The molecule has 1 heterocycles. The van der Waals surface area contributed by atoms with E-state index >= 15 is 0 Å². The summed E-state index contributed by atoms with van der Waals surface area (Å²) in [5.41, 5.74) is 2.44. The summed E-state index contributed by atoms with van der Waals surface area (Å²) in [5, 5.41) is 10.8. The van der Waals surface area contributed by atoms with Crippen LogP contribution in [0.5, 0.6) is 17.2 Å². The van der Waals surface area contributed by atoms with Crippen LogP contribution in [0.3, 0.4) is 0 Å². The highest BCUT2D eigenvalue weighted by Gasteiger charge is 2.25. The molecule has 7 heteroatoms. The lowest BCUT2D eigenvalue weighted by Gasteiger charge is -2.12. The zero-order valence-electron chi connectivity index (χ0n) is 14.1. The fourth-order valence-electron chi connectivity index (χ4n) is 2.53. The second-order valence-corrected chi connectivity index (χ2v) is 5.15. The van der Waals surface area contributed by atoms with E-state index in [4.69, 9.17) is 14.2 Å². The number of fused-ring (bicyclic) bond motifs is 1. The zero-order valence-corrected chi connectivity index (χ0v) is 14.1. The second kappa shape index (κ2) is 7.04. The van der Waals surface area contributed by atoms with Gasteiger partial charge < -0.3 is 19.5 Å². The predicted octanol–water partition coefficient (Wildman–Crippen LogP) is 2.49. The number of para-hydroxylation sites is 1. The van der Waals surface area contributed by atoms with Gasteiger partial charge in [0.2, 0.25) is 5.75 Å². The van der Waals surface area contributed by atoms with Crippen molar-refractivity contribution >= 4 is 23.5 Å². The molecule has 0 fully saturated rings. The van der Waals surface area contributed by atoms with Crippen LogP contribution in [0.2, 0.25) is 0 Å². The first-order valence-electron chi connectivity index (χ1n) is 7.49. The maximum atomic E-state index is 12.0. The van der Waals surface area contributed by atoms with Crippen LogP contribution in [0.4, 0.5) is 5.69 Å². The van der Waals surface area contributed by atoms with E-state index in [1.54, 1.807) is 12.1 Å². The van der Waals surface area contributed by atoms with Crippen LogP contribution >= 0.6 is 0 Å². The number of hydrogen-bond donors (Lipinski definition) is 1. The van der Waals surface area contributed by atoms with Gasteiger partial charge in [0.1, 0.15) is 0 Å². The Morgan fingerprint density at radius 2 is 1.68 bits per heavy atom. The Morgan fingerprint density at radius 1 is 1.00 bits per heavy atom.